The smallest absolute Gasteiger partial charge is 0.117 e. The maximum absolute atomic E-state index is 5.64. The Balaban J connectivity index is 2.49. The van der Waals surface area contributed by atoms with Crippen LogP contribution >= 0.6 is 15.9 Å². The van der Waals surface area contributed by atoms with Crippen LogP contribution in [0.1, 0.15) is 0 Å². The molecule has 2 rings (SSSR count). The summed E-state index contributed by atoms with van der Waals surface area (Å²) in [7, 11) is 0. The van der Waals surface area contributed by atoms with Crippen molar-refractivity contribution in [3.63, 3.8) is 0 Å². The molecule has 0 radical (unpaired) electrons. The fourth-order valence-electron chi connectivity index (χ4n) is 1.06. The molecule has 0 saturated carbocycles. The third kappa shape index (κ3) is 1.88. The maximum Gasteiger partial charge on any atom is 0.117 e. The van der Waals surface area contributed by atoms with E-state index in [9.17, 15) is 0 Å². The first kappa shape index (κ1) is 9.08. The number of halogens is 1. The number of nitrogens with zero attached hydrogens (tertiary/aromatic N) is 3. The molecule has 0 fully saturated rings. The van der Waals surface area contributed by atoms with E-state index in [4.69, 9.17) is 5.73 Å². The number of rotatable bonds is 1. The lowest BCUT2D eigenvalue weighted by Gasteiger charge is -2.00. The van der Waals surface area contributed by atoms with Crippen LogP contribution in [0.4, 0.5) is 5.69 Å². The molecule has 0 aliphatic carbocycles. The lowest BCUT2D eigenvalue weighted by Crippen LogP contribution is -1.91. The second kappa shape index (κ2) is 3.71. The zero-order valence-corrected chi connectivity index (χ0v) is 8.77. The highest BCUT2D eigenvalue weighted by Crippen LogP contribution is 2.18. The molecule has 0 amide bonds. The minimum absolute atomic E-state index is 0.671. The van der Waals surface area contributed by atoms with Crippen LogP contribution in [-0.4, -0.2) is 15.0 Å². The summed E-state index contributed by atoms with van der Waals surface area (Å²) in [4.78, 5) is 12.2. The molecule has 0 spiro atoms. The zero-order valence-electron chi connectivity index (χ0n) is 7.18. The Kier molecular flexibility index (Phi) is 2.41. The van der Waals surface area contributed by atoms with Crippen LogP contribution in [0.5, 0.6) is 0 Å². The van der Waals surface area contributed by atoms with Crippen LogP contribution in [-0.2, 0) is 0 Å². The Morgan fingerprint density at radius 2 is 1.86 bits per heavy atom. The highest BCUT2D eigenvalue weighted by atomic mass is 79.9. The van der Waals surface area contributed by atoms with E-state index in [0.29, 0.717) is 5.69 Å². The molecule has 0 aliphatic rings. The van der Waals surface area contributed by atoms with Crippen molar-refractivity contribution in [1.29, 1.82) is 0 Å². The van der Waals surface area contributed by atoms with Gasteiger partial charge in [-0.25, -0.2) is 9.97 Å². The lowest BCUT2D eigenvalue weighted by atomic mass is 10.2. The maximum atomic E-state index is 5.64. The van der Waals surface area contributed by atoms with E-state index in [1.165, 1.54) is 6.33 Å². The summed E-state index contributed by atoms with van der Waals surface area (Å²) in [5.74, 6) is 0. The molecule has 5 heteroatoms. The molecule has 4 nitrogen and oxygen atoms in total. The summed E-state index contributed by atoms with van der Waals surface area (Å²) in [5.41, 5.74) is 7.80. The average Bonchev–Trinajstić information content (AvgIpc) is 2.18. The molecular weight excluding hydrogens is 244 g/mol. The SMILES string of the molecule is Nc1ccnc(-c2cc(Br)ncn2)c1. The van der Waals surface area contributed by atoms with Crippen LogP contribution in [0.15, 0.2) is 35.3 Å². The van der Waals surface area contributed by atoms with Crippen molar-refractivity contribution >= 4 is 21.6 Å². The summed E-state index contributed by atoms with van der Waals surface area (Å²) < 4.78 is 0.728. The summed E-state index contributed by atoms with van der Waals surface area (Å²) in [6.07, 6.45) is 3.13. The van der Waals surface area contributed by atoms with Crippen LogP contribution in [0.25, 0.3) is 11.4 Å². The lowest BCUT2D eigenvalue weighted by molar-refractivity contribution is 1.13. The Hall–Kier alpha value is -1.49. The largest absolute Gasteiger partial charge is 0.399 e. The molecule has 70 valence electrons. The van der Waals surface area contributed by atoms with Gasteiger partial charge in [-0.2, -0.15) is 0 Å². The number of pyridine rings is 1. The first-order valence-electron chi connectivity index (χ1n) is 3.95. The van der Waals surface area contributed by atoms with Crippen molar-refractivity contribution in [3.8, 4) is 11.4 Å². The van der Waals surface area contributed by atoms with Gasteiger partial charge in [-0.1, -0.05) is 0 Å². The van der Waals surface area contributed by atoms with E-state index in [1.807, 2.05) is 0 Å². The van der Waals surface area contributed by atoms with Gasteiger partial charge in [0, 0.05) is 11.9 Å². The van der Waals surface area contributed by atoms with Gasteiger partial charge in [0.05, 0.1) is 11.4 Å². The third-order valence-corrected chi connectivity index (χ3v) is 2.11. The van der Waals surface area contributed by atoms with E-state index in [2.05, 4.69) is 30.9 Å². The number of hydrogen-bond acceptors (Lipinski definition) is 4. The number of nitrogen functional groups attached to an aromatic ring is 1. The molecule has 0 aliphatic heterocycles. The van der Waals surface area contributed by atoms with Gasteiger partial charge in [-0.05, 0) is 34.1 Å². The Labute approximate surface area is 89.4 Å². The van der Waals surface area contributed by atoms with E-state index in [1.54, 1.807) is 24.4 Å². The van der Waals surface area contributed by atoms with Gasteiger partial charge in [0.1, 0.15) is 10.9 Å². The number of hydrogen-bond donors (Lipinski definition) is 1. The number of nitrogens with two attached hydrogens (primary N) is 1. The van der Waals surface area contributed by atoms with E-state index < -0.39 is 0 Å². The fourth-order valence-corrected chi connectivity index (χ4v) is 1.37. The van der Waals surface area contributed by atoms with Gasteiger partial charge >= 0.3 is 0 Å². The third-order valence-electron chi connectivity index (χ3n) is 1.68. The van der Waals surface area contributed by atoms with Crippen molar-refractivity contribution in [2.24, 2.45) is 0 Å². The second-order valence-corrected chi connectivity index (χ2v) is 3.51. The Bertz CT molecular complexity index is 415. The molecule has 14 heavy (non-hydrogen) atoms. The highest BCUT2D eigenvalue weighted by Gasteiger charge is 2.01. The highest BCUT2D eigenvalue weighted by molar-refractivity contribution is 9.10. The van der Waals surface area contributed by atoms with Crippen LogP contribution in [0.2, 0.25) is 0 Å². The molecule has 2 N–H and O–H groups in total. The van der Waals surface area contributed by atoms with Gasteiger partial charge < -0.3 is 5.73 Å². The van der Waals surface area contributed by atoms with Gasteiger partial charge in [-0.3, -0.25) is 4.98 Å². The summed E-state index contributed by atoms with van der Waals surface area (Å²) >= 11 is 3.27. The Morgan fingerprint density at radius 1 is 1.07 bits per heavy atom. The monoisotopic (exact) mass is 250 g/mol. The number of anilines is 1. The van der Waals surface area contributed by atoms with Gasteiger partial charge in [0.25, 0.3) is 0 Å². The first-order valence-corrected chi connectivity index (χ1v) is 4.74. The summed E-state index contributed by atoms with van der Waals surface area (Å²) in [6, 6.07) is 5.30. The van der Waals surface area contributed by atoms with Gasteiger partial charge in [0.2, 0.25) is 0 Å². The molecule has 0 bridgehead atoms. The second-order valence-electron chi connectivity index (χ2n) is 2.70. The fraction of sp³-hybridized carbons (Fsp3) is 0. The van der Waals surface area contributed by atoms with E-state index in [0.717, 1.165) is 16.0 Å². The molecule has 0 saturated heterocycles. The Morgan fingerprint density at radius 3 is 2.57 bits per heavy atom. The van der Waals surface area contributed by atoms with Crippen LogP contribution in [0.3, 0.4) is 0 Å². The van der Waals surface area contributed by atoms with Crippen molar-refractivity contribution < 1.29 is 0 Å². The van der Waals surface area contributed by atoms with Crippen molar-refractivity contribution in [3.05, 3.63) is 35.3 Å². The summed E-state index contributed by atoms with van der Waals surface area (Å²) in [6.45, 7) is 0. The minimum Gasteiger partial charge on any atom is -0.399 e. The van der Waals surface area contributed by atoms with E-state index >= 15 is 0 Å². The predicted molar refractivity (Wildman–Crippen MR) is 57.4 cm³/mol. The van der Waals surface area contributed by atoms with Crippen LogP contribution in [0, 0.1) is 0 Å². The van der Waals surface area contributed by atoms with Crippen molar-refractivity contribution in [1.82, 2.24) is 15.0 Å². The summed E-state index contributed by atoms with van der Waals surface area (Å²) in [5, 5.41) is 0. The quantitative estimate of drug-likeness (QED) is 0.786. The molecule has 0 atom stereocenters. The zero-order chi connectivity index (χ0) is 9.97. The minimum atomic E-state index is 0.671. The first-order chi connectivity index (χ1) is 6.75. The topological polar surface area (TPSA) is 64.7 Å². The average molecular weight is 251 g/mol. The van der Waals surface area contributed by atoms with Gasteiger partial charge in [0.15, 0.2) is 0 Å². The molecule has 0 aromatic carbocycles. The molecule has 0 unspecified atom stereocenters. The predicted octanol–water partition coefficient (Wildman–Crippen LogP) is 1.88. The van der Waals surface area contributed by atoms with Crippen molar-refractivity contribution in [2.75, 3.05) is 5.73 Å². The van der Waals surface area contributed by atoms with E-state index in [-0.39, 0.29) is 0 Å². The van der Waals surface area contributed by atoms with Crippen molar-refractivity contribution in [2.45, 2.75) is 0 Å². The van der Waals surface area contributed by atoms with Gasteiger partial charge in [-0.15, -0.1) is 0 Å². The molecule has 2 aromatic rings. The van der Waals surface area contributed by atoms with Crippen LogP contribution < -0.4 is 5.73 Å². The molecule has 2 heterocycles. The molecule has 2 aromatic heterocycles. The number of aromatic nitrogens is 3. The standard InChI is InChI=1S/C9H7BrN4/c10-9-4-8(13-5-14-9)7-3-6(11)1-2-12-7/h1-5H,(H2,11,12). The normalized spacial score (nSPS) is 10.1. The molecular formula is C9H7BrN4.